The Balaban J connectivity index is 1.93. The summed E-state index contributed by atoms with van der Waals surface area (Å²) >= 11 is 0.497. The molecule has 1 fully saturated rings. The maximum atomic E-state index is 12.6. The summed E-state index contributed by atoms with van der Waals surface area (Å²) in [6.45, 7) is 0. The van der Waals surface area contributed by atoms with Crippen LogP contribution in [0.2, 0.25) is 0 Å². The van der Waals surface area contributed by atoms with E-state index in [2.05, 4.69) is 4.98 Å². The van der Waals surface area contributed by atoms with Crippen molar-refractivity contribution in [2.75, 3.05) is 0 Å². The number of hydrogen-bond acceptors (Lipinski definition) is 3. The summed E-state index contributed by atoms with van der Waals surface area (Å²) < 4.78 is 37.7. The van der Waals surface area contributed by atoms with Gasteiger partial charge in [-0.15, -0.1) is 11.3 Å². The van der Waals surface area contributed by atoms with Gasteiger partial charge >= 0.3 is 6.18 Å². The van der Waals surface area contributed by atoms with Gasteiger partial charge in [-0.2, -0.15) is 13.2 Å². The number of aromatic nitrogens is 1. The summed E-state index contributed by atoms with van der Waals surface area (Å²) in [5.41, 5.74) is 1.72. The number of thiazole rings is 1. The average Bonchev–Trinajstić information content (AvgIpc) is 3.12. The zero-order chi connectivity index (χ0) is 14.3. The van der Waals surface area contributed by atoms with E-state index in [4.69, 9.17) is 0 Å². The number of rotatable bonds is 3. The second kappa shape index (κ2) is 4.86. The van der Waals surface area contributed by atoms with Crippen LogP contribution in [-0.2, 0) is 6.18 Å². The third-order valence-electron chi connectivity index (χ3n) is 3.34. The monoisotopic (exact) mass is 299 g/mol. The molecule has 1 aliphatic carbocycles. The molecule has 2 aromatic rings. The molecule has 1 aliphatic rings. The van der Waals surface area contributed by atoms with Crippen LogP contribution in [0.25, 0.3) is 0 Å². The molecule has 20 heavy (non-hydrogen) atoms. The van der Waals surface area contributed by atoms with E-state index in [-0.39, 0.29) is 4.88 Å². The second-order valence-corrected chi connectivity index (χ2v) is 5.93. The molecule has 0 radical (unpaired) electrons. The Hall–Kier alpha value is -1.40. The van der Waals surface area contributed by atoms with Crippen LogP contribution in [0.3, 0.4) is 0 Å². The molecule has 0 spiro atoms. The van der Waals surface area contributed by atoms with E-state index in [1.54, 1.807) is 12.1 Å². The number of hydrogen-bond donors (Lipinski definition) is 1. The molecule has 0 amide bonds. The maximum absolute atomic E-state index is 12.6. The minimum absolute atomic E-state index is 0.227. The molecule has 3 rings (SSSR count). The molecule has 1 saturated carbocycles. The fourth-order valence-corrected chi connectivity index (χ4v) is 3.01. The van der Waals surface area contributed by atoms with Crippen molar-refractivity contribution in [2.24, 2.45) is 0 Å². The molecule has 1 unspecified atom stereocenters. The summed E-state index contributed by atoms with van der Waals surface area (Å²) in [6, 6.07) is 7.38. The van der Waals surface area contributed by atoms with Gasteiger partial charge in [0, 0.05) is 6.20 Å². The van der Waals surface area contributed by atoms with Gasteiger partial charge in [-0.1, -0.05) is 24.3 Å². The van der Waals surface area contributed by atoms with Crippen LogP contribution in [0.4, 0.5) is 13.2 Å². The van der Waals surface area contributed by atoms with Gasteiger partial charge in [0.15, 0.2) is 5.01 Å². The van der Waals surface area contributed by atoms with Crippen molar-refractivity contribution in [1.82, 2.24) is 4.98 Å². The lowest BCUT2D eigenvalue weighted by atomic mass is 9.98. The summed E-state index contributed by atoms with van der Waals surface area (Å²) in [6.07, 6.45) is -2.25. The lowest BCUT2D eigenvalue weighted by Crippen LogP contribution is -2.03. The van der Waals surface area contributed by atoms with Gasteiger partial charge in [-0.25, -0.2) is 4.98 Å². The molecule has 1 aromatic carbocycles. The van der Waals surface area contributed by atoms with Gasteiger partial charge in [-0.05, 0) is 29.9 Å². The van der Waals surface area contributed by atoms with E-state index in [0.717, 1.165) is 24.6 Å². The number of benzene rings is 1. The number of aliphatic hydroxyl groups is 1. The molecule has 1 heterocycles. The predicted molar refractivity (Wildman–Crippen MR) is 69.6 cm³/mol. The van der Waals surface area contributed by atoms with Crippen molar-refractivity contribution in [1.29, 1.82) is 0 Å². The van der Waals surface area contributed by atoms with Crippen molar-refractivity contribution in [2.45, 2.75) is 31.0 Å². The lowest BCUT2D eigenvalue weighted by molar-refractivity contribution is -0.137. The van der Waals surface area contributed by atoms with Gasteiger partial charge in [0.2, 0.25) is 0 Å². The Bertz CT molecular complexity index is 619. The molecule has 0 saturated heterocycles. The predicted octanol–water partition coefficient (Wildman–Crippen LogP) is 4.12. The second-order valence-electron chi connectivity index (χ2n) is 4.87. The first-order valence-corrected chi connectivity index (χ1v) is 7.08. The largest absolute Gasteiger partial charge is 0.443 e. The van der Waals surface area contributed by atoms with E-state index in [0.29, 0.717) is 22.8 Å². The van der Waals surface area contributed by atoms with E-state index in [9.17, 15) is 18.3 Å². The zero-order valence-electron chi connectivity index (χ0n) is 10.4. The quantitative estimate of drug-likeness (QED) is 0.924. The van der Waals surface area contributed by atoms with Gasteiger partial charge < -0.3 is 5.11 Å². The molecule has 1 N–H and O–H groups in total. The number of halogens is 3. The fraction of sp³-hybridized carbons (Fsp3) is 0.357. The molecular weight excluding hydrogens is 287 g/mol. The van der Waals surface area contributed by atoms with Crippen LogP contribution in [0.5, 0.6) is 0 Å². The highest BCUT2D eigenvalue weighted by Gasteiger charge is 2.36. The van der Waals surface area contributed by atoms with Gasteiger partial charge in [0.05, 0.1) is 4.88 Å². The molecule has 0 aliphatic heterocycles. The Morgan fingerprint density at radius 3 is 2.55 bits per heavy atom. The highest BCUT2D eigenvalue weighted by atomic mass is 32.1. The van der Waals surface area contributed by atoms with Crippen molar-refractivity contribution >= 4 is 11.3 Å². The molecule has 0 bridgehead atoms. The first-order valence-electron chi connectivity index (χ1n) is 6.26. The smallest absolute Gasteiger partial charge is 0.383 e. The normalized spacial score (nSPS) is 17.2. The van der Waals surface area contributed by atoms with Gasteiger partial charge in [0.25, 0.3) is 0 Å². The van der Waals surface area contributed by atoms with Crippen LogP contribution in [0, 0.1) is 0 Å². The molecular formula is C14H12F3NOS. The number of alkyl halides is 3. The SMILES string of the molecule is OC(c1cnc(C(F)(F)F)s1)c1ccccc1C1CC1. The molecule has 1 atom stereocenters. The maximum Gasteiger partial charge on any atom is 0.443 e. The fourth-order valence-electron chi connectivity index (χ4n) is 2.22. The molecule has 6 heteroatoms. The highest BCUT2D eigenvalue weighted by molar-refractivity contribution is 7.11. The van der Waals surface area contributed by atoms with E-state index in [1.807, 2.05) is 12.1 Å². The minimum atomic E-state index is -4.46. The Morgan fingerprint density at radius 1 is 1.25 bits per heavy atom. The van der Waals surface area contributed by atoms with Crippen molar-refractivity contribution < 1.29 is 18.3 Å². The lowest BCUT2D eigenvalue weighted by Gasteiger charge is -2.13. The standard InChI is InChI=1S/C14H12F3NOS/c15-14(16,17)13-18-7-11(20-13)12(19)10-4-2-1-3-9(10)8-5-6-8/h1-4,7-8,12,19H,5-6H2. The molecule has 106 valence electrons. The summed E-state index contributed by atoms with van der Waals surface area (Å²) in [5, 5.41) is 9.41. The minimum Gasteiger partial charge on any atom is -0.383 e. The third-order valence-corrected chi connectivity index (χ3v) is 4.44. The first kappa shape index (κ1) is 13.6. The van der Waals surface area contributed by atoms with Crippen LogP contribution in [-0.4, -0.2) is 10.1 Å². The molecule has 1 aromatic heterocycles. The van der Waals surface area contributed by atoms with Crippen LogP contribution in [0.15, 0.2) is 30.5 Å². The van der Waals surface area contributed by atoms with E-state index < -0.39 is 17.3 Å². The topological polar surface area (TPSA) is 33.1 Å². The van der Waals surface area contributed by atoms with E-state index in [1.165, 1.54) is 0 Å². The van der Waals surface area contributed by atoms with Gasteiger partial charge in [0.1, 0.15) is 6.10 Å². The Labute approximate surface area is 117 Å². The summed E-state index contributed by atoms with van der Waals surface area (Å²) in [5.74, 6) is 0.427. The first-order chi connectivity index (χ1) is 9.47. The van der Waals surface area contributed by atoms with E-state index >= 15 is 0 Å². The van der Waals surface area contributed by atoms with Crippen LogP contribution >= 0.6 is 11.3 Å². The van der Waals surface area contributed by atoms with Gasteiger partial charge in [-0.3, -0.25) is 0 Å². The number of aliphatic hydroxyl groups excluding tert-OH is 1. The van der Waals surface area contributed by atoms with Crippen LogP contribution < -0.4 is 0 Å². The average molecular weight is 299 g/mol. The number of nitrogens with zero attached hydrogens (tertiary/aromatic N) is 1. The van der Waals surface area contributed by atoms with Crippen molar-refractivity contribution in [3.8, 4) is 0 Å². The highest BCUT2D eigenvalue weighted by Crippen LogP contribution is 2.44. The van der Waals surface area contributed by atoms with Crippen molar-refractivity contribution in [3.05, 3.63) is 51.5 Å². The molecule has 2 nitrogen and oxygen atoms in total. The zero-order valence-corrected chi connectivity index (χ0v) is 11.2. The Morgan fingerprint density at radius 2 is 1.95 bits per heavy atom. The summed E-state index contributed by atoms with van der Waals surface area (Å²) in [4.78, 5) is 3.58. The Kier molecular flexibility index (Phi) is 3.30. The van der Waals surface area contributed by atoms with Crippen LogP contribution in [0.1, 0.15) is 45.9 Å². The summed E-state index contributed by atoms with van der Waals surface area (Å²) in [7, 11) is 0. The third kappa shape index (κ3) is 2.58. The van der Waals surface area contributed by atoms with Crippen molar-refractivity contribution in [3.63, 3.8) is 0 Å².